The van der Waals surface area contributed by atoms with Gasteiger partial charge in [0.25, 0.3) is 10.0 Å². The van der Waals surface area contributed by atoms with Gasteiger partial charge in [-0.05, 0) is 42.5 Å². The van der Waals surface area contributed by atoms with E-state index in [1.165, 1.54) is 18.2 Å². The Morgan fingerprint density at radius 1 is 1.05 bits per heavy atom. The fourth-order valence-electron chi connectivity index (χ4n) is 1.56. The van der Waals surface area contributed by atoms with Crippen LogP contribution in [0.3, 0.4) is 0 Å². The first-order valence-electron chi connectivity index (χ1n) is 5.67. The Hall–Kier alpha value is -1.34. The SMILES string of the molecule is NC(=S)c1ccc(NS(=O)(=O)c2ccc(Cl)c(Cl)c2)cc1. The van der Waals surface area contributed by atoms with Gasteiger partial charge in [0.1, 0.15) is 4.99 Å². The number of thiocarbonyl (C=S) groups is 1. The van der Waals surface area contributed by atoms with Crippen LogP contribution in [0.5, 0.6) is 0 Å². The second-order valence-electron chi connectivity index (χ2n) is 4.12. The zero-order valence-electron chi connectivity index (χ0n) is 10.5. The maximum atomic E-state index is 12.2. The minimum Gasteiger partial charge on any atom is -0.389 e. The Morgan fingerprint density at radius 3 is 2.19 bits per heavy atom. The third-order valence-electron chi connectivity index (χ3n) is 2.62. The molecule has 0 atom stereocenters. The van der Waals surface area contributed by atoms with Crippen molar-refractivity contribution in [3.63, 3.8) is 0 Å². The summed E-state index contributed by atoms with van der Waals surface area (Å²) in [7, 11) is -3.74. The summed E-state index contributed by atoms with van der Waals surface area (Å²) in [6, 6.07) is 10.5. The van der Waals surface area contributed by atoms with Crippen molar-refractivity contribution in [1.29, 1.82) is 0 Å². The molecule has 0 radical (unpaired) electrons. The van der Waals surface area contributed by atoms with E-state index in [1.807, 2.05) is 0 Å². The highest BCUT2D eigenvalue weighted by Gasteiger charge is 2.15. The number of hydrogen-bond acceptors (Lipinski definition) is 3. The summed E-state index contributed by atoms with van der Waals surface area (Å²) < 4.78 is 26.9. The quantitative estimate of drug-likeness (QED) is 0.819. The minimum absolute atomic E-state index is 0.0234. The Labute approximate surface area is 137 Å². The lowest BCUT2D eigenvalue weighted by Gasteiger charge is -2.09. The van der Waals surface area contributed by atoms with Gasteiger partial charge in [-0.1, -0.05) is 35.4 Å². The fraction of sp³-hybridized carbons (Fsp3) is 0. The average Bonchev–Trinajstić information content (AvgIpc) is 2.42. The number of rotatable bonds is 4. The van der Waals surface area contributed by atoms with Crippen molar-refractivity contribution in [2.45, 2.75) is 4.90 Å². The molecule has 2 aromatic rings. The molecule has 4 nitrogen and oxygen atoms in total. The van der Waals surface area contributed by atoms with E-state index in [2.05, 4.69) is 4.72 Å². The topological polar surface area (TPSA) is 72.2 Å². The number of benzene rings is 2. The molecule has 0 aliphatic heterocycles. The van der Waals surface area contributed by atoms with Gasteiger partial charge in [0.2, 0.25) is 0 Å². The lowest BCUT2D eigenvalue weighted by molar-refractivity contribution is 0.601. The third-order valence-corrected chi connectivity index (χ3v) is 4.98. The second-order valence-corrected chi connectivity index (χ2v) is 7.06. The molecule has 0 unspecified atom stereocenters. The maximum absolute atomic E-state index is 12.2. The Bertz CT molecular complexity index is 790. The molecule has 2 aromatic carbocycles. The van der Waals surface area contributed by atoms with Gasteiger partial charge in [-0.3, -0.25) is 4.72 Å². The highest BCUT2D eigenvalue weighted by Crippen LogP contribution is 2.26. The molecule has 0 spiro atoms. The van der Waals surface area contributed by atoms with Crippen LogP contribution in [0.25, 0.3) is 0 Å². The molecule has 0 fully saturated rings. The van der Waals surface area contributed by atoms with E-state index >= 15 is 0 Å². The van der Waals surface area contributed by atoms with E-state index in [0.717, 1.165) is 0 Å². The molecular formula is C13H10Cl2N2O2S2. The van der Waals surface area contributed by atoms with Crippen LogP contribution in [0.4, 0.5) is 5.69 Å². The van der Waals surface area contributed by atoms with Crippen LogP contribution in [0.15, 0.2) is 47.4 Å². The summed E-state index contributed by atoms with van der Waals surface area (Å²) in [6.07, 6.45) is 0. The molecule has 0 amide bonds. The lowest BCUT2D eigenvalue weighted by atomic mass is 10.2. The average molecular weight is 361 g/mol. The van der Waals surface area contributed by atoms with Crippen LogP contribution in [0.2, 0.25) is 10.0 Å². The summed E-state index contributed by atoms with van der Waals surface area (Å²) in [5, 5.41) is 0.458. The van der Waals surface area contributed by atoms with Gasteiger partial charge >= 0.3 is 0 Å². The van der Waals surface area contributed by atoms with Gasteiger partial charge in [-0.2, -0.15) is 0 Å². The van der Waals surface area contributed by atoms with Gasteiger partial charge < -0.3 is 5.73 Å². The highest BCUT2D eigenvalue weighted by molar-refractivity contribution is 7.92. The molecule has 0 aromatic heterocycles. The highest BCUT2D eigenvalue weighted by atomic mass is 35.5. The zero-order chi connectivity index (χ0) is 15.6. The Balaban J connectivity index is 2.28. The molecule has 2 rings (SSSR count). The van der Waals surface area contributed by atoms with Gasteiger partial charge in [-0.25, -0.2) is 8.42 Å². The van der Waals surface area contributed by atoms with Crippen LogP contribution in [-0.4, -0.2) is 13.4 Å². The molecular weight excluding hydrogens is 351 g/mol. The van der Waals surface area contributed by atoms with E-state index in [4.69, 9.17) is 41.2 Å². The van der Waals surface area contributed by atoms with E-state index in [0.29, 0.717) is 11.3 Å². The van der Waals surface area contributed by atoms with Crippen molar-refractivity contribution in [3.05, 3.63) is 58.1 Å². The predicted octanol–water partition coefficient (Wildman–Crippen LogP) is 3.43. The largest absolute Gasteiger partial charge is 0.389 e. The summed E-state index contributed by atoms with van der Waals surface area (Å²) in [6.45, 7) is 0. The van der Waals surface area contributed by atoms with Gasteiger partial charge in [-0.15, -0.1) is 0 Å². The molecule has 8 heteroatoms. The maximum Gasteiger partial charge on any atom is 0.261 e. The number of nitrogens with two attached hydrogens (primary N) is 1. The molecule has 21 heavy (non-hydrogen) atoms. The molecule has 0 bridgehead atoms. The lowest BCUT2D eigenvalue weighted by Crippen LogP contribution is -2.13. The number of sulfonamides is 1. The van der Waals surface area contributed by atoms with Gasteiger partial charge in [0, 0.05) is 11.3 Å². The van der Waals surface area contributed by atoms with Crippen LogP contribution in [0.1, 0.15) is 5.56 Å². The van der Waals surface area contributed by atoms with Gasteiger partial charge in [0.15, 0.2) is 0 Å². The predicted molar refractivity (Wildman–Crippen MR) is 89.6 cm³/mol. The van der Waals surface area contributed by atoms with E-state index in [-0.39, 0.29) is 19.9 Å². The van der Waals surface area contributed by atoms with Crippen LogP contribution >= 0.6 is 35.4 Å². The summed E-state index contributed by atoms with van der Waals surface area (Å²) in [4.78, 5) is 0.268. The third kappa shape index (κ3) is 3.85. The first-order chi connectivity index (χ1) is 9.79. The normalized spacial score (nSPS) is 11.1. The van der Waals surface area contributed by atoms with Crippen molar-refractivity contribution in [2.24, 2.45) is 5.73 Å². The number of nitrogens with one attached hydrogen (secondary N) is 1. The fourth-order valence-corrected chi connectivity index (χ4v) is 3.14. The summed E-state index contributed by atoms with van der Waals surface area (Å²) in [5.41, 5.74) is 6.52. The van der Waals surface area contributed by atoms with Crippen LogP contribution in [-0.2, 0) is 10.0 Å². The standard InChI is InChI=1S/C13H10Cl2N2O2S2/c14-11-6-5-10(7-12(11)15)21(18,19)17-9-3-1-8(2-4-9)13(16)20/h1-7,17H,(H2,16,20). The summed E-state index contributed by atoms with van der Waals surface area (Å²) >= 11 is 16.4. The van der Waals surface area contributed by atoms with Crippen molar-refractivity contribution in [3.8, 4) is 0 Å². The molecule has 0 heterocycles. The molecule has 3 N–H and O–H groups in total. The molecule has 0 saturated heterocycles. The minimum atomic E-state index is -3.74. The monoisotopic (exact) mass is 360 g/mol. The van der Waals surface area contributed by atoms with Crippen LogP contribution in [0, 0.1) is 0 Å². The van der Waals surface area contributed by atoms with Crippen LogP contribution < -0.4 is 10.5 Å². The van der Waals surface area contributed by atoms with E-state index in [9.17, 15) is 8.42 Å². The molecule has 0 aliphatic rings. The molecule has 0 saturated carbocycles. The number of hydrogen-bond donors (Lipinski definition) is 2. The summed E-state index contributed by atoms with van der Waals surface area (Å²) in [5.74, 6) is 0. The number of halogens is 2. The first kappa shape index (κ1) is 16.0. The van der Waals surface area contributed by atoms with Crippen molar-refractivity contribution < 1.29 is 8.42 Å². The number of anilines is 1. The molecule has 110 valence electrons. The van der Waals surface area contributed by atoms with Crippen molar-refractivity contribution in [1.82, 2.24) is 0 Å². The first-order valence-corrected chi connectivity index (χ1v) is 8.32. The molecule has 0 aliphatic carbocycles. The van der Waals surface area contributed by atoms with Gasteiger partial charge in [0.05, 0.1) is 14.9 Å². The Kier molecular flexibility index (Phi) is 4.73. The van der Waals surface area contributed by atoms with E-state index in [1.54, 1.807) is 24.3 Å². The smallest absolute Gasteiger partial charge is 0.261 e. The zero-order valence-corrected chi connectivity index (χ0v) is 13.7. The van der Waals surface area contributed by atoms with Crippen molar-refractivity contribution >= 4 is 56.1 Å². The second kappa shape index (κ2) is 6.19. The van der Waals surface area contributed by atoms with E-state index < -0.39 is 10.0 Å². The van der Waals surface area contributed by atoms with Crippen molar-refractivity contribution in [2.75, 3.05) is 4.72 Å². The Morgan fingerprint density at radius 2 is 1.67 bits per heavy atom.